The number of allylic oxidation sites excluding steroid dienone is 1. The molecule has 0 heterocycles. The van der Waals surface area contributed by atoms with E-state index in [1.165, 1.54) is 13.0 Å². The average molecular weight is 340 g/mol. The normalized spacial score (nSPS) is 17.8. The Hall–Kier alpha value is -1.69. The molecule has 0 saturated heterocycles. The summed E-state index contributed by atoms with van der Waals surface area (Å²) in [7, 11) is 0. The third-order valence-electron chi connectivity index (χ3n) is 3.09. The molecular weight excluding hydrogens is 326 g/mol. The quantitative estimate of drug-likeness (QED) is 0.359. The van der Waals surface area contributed by atoms with Gasteiger partial charge in [-0.05, 0) is 38.3 Å². The van der Waals surface area contributed by atoms with E-state index >= 15 is 0 Å². The summed E-state index contributed by atoms with van der Waals surface area (Å²) in [6.45, 7) is 1.37. The molecule has 106 valence electrons. The lowest BCUT2D eigenvalue weighted by molar-refractivity contribution is -0.386. The van der Waals surface area contributed by atoms with Crippen molar-refractivity contribution in [3.05, 3.63) is 44.4 Å². The third kappa shape index (κ3) is 3.25. The highest BCUT2D eigenvalue weighted by Crippen LogP contribution is 2.36. The molecule has 5 nitrogen and oxygen atoms in total. The Morgan fingerprint density at radius 1 is 1.50 bits per heavy atom. The maximum atomic E-state index is 11.7. The summed E-state index contributed by atoms with van der Waals surface area (Å²) >= 11 is 3.18. The highest BCUT2D eigenvalue weighted by molar-refractivity contribution is 9.10. The maximum Gasteiger partial charge on any atom is 0.312 e. The Morgan fingerprint density at radius 3 is 2.80 bits per heavy atom. The Labute approximate surface area is 124 Å². The molecule has 0 N–H and O–H groups in total. The fourth-order valence-corrected chi connectivity index (χ4v) is 2.58. The van der Waals surface area contributed by atoms with Crippen molar-refractivity contribution in [2.45, 2.75) is 32.3 Å². The van der Waals surface area contributed by atoms with Crippen molar-refractivity contribution in [2.75, 3.05) is 0 Å². The Balaban J connectivity index is 2.46. The zero-order valence-electron chi connectivity index (χ0n) is 11.0. The predicted molar refractivity (Wildman–Crippen MR) is 78.2 cm³/mol. The van der Waals surface area contributed by atoms with Crippen LogP contribution in [-0.2, 0) is 0 Å². The Kier molecular flexibility index (Phi) is 4.54. The summed E-state index contributed by atoms with van der Waals surface area (Å²) in [5, 5.41) is 11.2. The van der Waals surface area contributed by atoms with Crippen molar-refractivity contribution in [3.8, 4) is 5.75 Å². The van der Waals surface area contributed by atoms with Gasteiger partial charge in [0.2, 0.25) is 5.75 Å². The smallest absolute Gasteiger partial charge is 0.312 e. The maximum absolute atomic E-state index is 11.7. The number of ether oxygens (including phenoxy) is 1. The molecule has 1 unspecified atom stereocenters. The van der Waals surface area contributed by atoms with Crippen LogP contribution in [0.15, 0.2) is 28.8 Å². The molecule has 1 aliphatic carbocycles. The summed E-state index contributed by atoms with van der Waals surface area (Å²) in [6.07, 6.45) is 6.41. The number of rotatable bonds is 4. The Bertz CT molecular complexity index is 548. The van der Waals surface area contributed by atoms with Gasteiger partial charge in [0.25, 0.3) is 0 Å². The minimum atomic E-state index is -0.529. The first-order valence-corrected chi connectivity index (χ1v) is 7.10. The second kappa shape index (κ2) is 6.17. The topological polar surface area (TPSA) is 69.4 Å². The number of carbonyl (C=O) groups excluding carboxylic acids is 1. The molecule has 0 amide bonds. The molecule has 0 bridgehead atoms. The molecule has 0 spiro atoms. The number of nitrogens with zero attached hydrogens (tertiary/aromatic N) is 1. The van der Waals surface area contributed by atoms with Crippen molar-refractivity contribution in [2.24, 2.45) is 0 Å². The van der Waals surface area contributed by atoms with Crippen LogP contribution in [0, 0.1) is 10.1 Å². The molecule has 2 rings (SSSR count). The number of hydrogen-bond donors (Lipinski definition) is 0. The van der Waals surface area contributed by atoms with E-state index in [9.17, 15) is 14.9 Å². The van der Waals surface area contributed by atoms with Crippen LogP contribution in [-0.4, -0.2) is 16.8 Å². The summed E-state index contributed by atoms with van der Waals surface area (Å²) in [5.41, 5.74) is 0.0357. The van der Waals surface area contributed by atoms with Crippen LogP contribution >= 0.6 is 15.9 Å². The van der Waals surface area contributed by atoms with E-state index in [4.69, 9.17) is 4.74 Å². The number of nitro benzene ring substituents is 1. The van der Waals surface area contributed by atoms with E-state index in [0.29, 0.717) is 4.47 Å². The lowest BCUT2D eigenvalue weighted by atomic mass is 10.0. The van der Waals surface area contributed by atoms with Crippen LogP contribution in [0.1, 0.15) is 36.5 Å². The highest BCUT2D eigenvalue weighted by Gasteiger charge is 2.25. The second-order valence-electron chi connectivity index (χ2n) is 4.63. The van der Waals surface area contributed by atoms with Crippen molar-refractivity contribution in [3.63, 3.8) is 0 Å². The predicted octanol–water partition coefficient (Wildman–Crippen LogP) is 4.05. The van der Waals surface area contributed by atoms with Gasteiger partial charge >= 0.3 is 5.69 Å². The third-order valence-corrected chi connectivity index (χ3v) is 3.55. The minimum absolute atomic E-state index is 0.0576. The first-order valence-electron chi connectivity index (χ1n) is 6.31. The standard InChI is InChI=1S/C14H14BrNO4/c1-9(17)12-7-10(15)8-13(16(18)19)14(12)20-11-5-3-2-4-6-11/h3,5,7-8,11H,2,4,6H2,1H3. The first kappa shape index (κ1) is 14.7. The number of nitro groups is 1. The van der Waals surface area contributed by atoms with Crippen molar-refractivity contribution in [1.82, 2.24) is 0 Å². The first-order chi connectivity index (χ1) is 9.49. The zero-order valence-corrected chi connectivity index (χ0v) is 12.6. The molecule has 1 aromatic carbocycles. The molecule has 0 aromatic heterocycles. The fraction of sp³-hybridized carbons (Fsp3) is 0.357. The number of ketones is 1. The van der Waals surface area contributed by atoms with Crippen molar-refractivity contribution >= 4 is 27.4 Å². The molecule has 0 radical (unpaired) electrons. The van der Waals surface area contributed by atoms with E-state index in [1.54, 1.807) is 6.07 Å². The largest absolute Gasteiger partial charge is 0.479 e. The van der Waals surface area contributed by atoms with Gasteiger partial charge < -0.3 is 4.74 Å². The fourth-order valence-electron chi connectivity index (χ4n) is 2.13. The van der Waals surface area contributed by atoms with E-state index in [2.05, 4.69) is 15.9 Å². The zero-order chi connectivity index (χ0) is 14.7. The van der Waals surface area contributed by atoms with Crippen molar-refractivity contribution < 1.29 is 14.5 Å². The van der Waals surface area contributed by atoms with Gasteiger partial charge in [0.1, 0.15) is 6.10 Å². The molecule has 1 atom stereocenters. The van der Waals surface area contributed by atoms with Gasteiger partial charge in [-0.1, -0.05) is 22.0 Å². The number of halogens is 1. The van der Waals surface area contributed by atoms with Crippen LogP contribution in [0.4, 0.5) is 5.69 Å². The van der Waals surface area contributed by atoms with Gasteiger partial charge in [-0.2, -0.15) is 0 Å². The molecule has 0 fully saturated rings. The highest BCUT2D eigenvalue weighted by atomic mass is 79.9. The molecule has 1 aliphatic rings. The SMILES string of the molecule is CC(=O)c1cc(Br)cc([N+](=O)[O-])c1OC1C=CCCC1. The van der Waals surface area contributed by atoms with Crippen LogP contribution in [0.3, 0.4) is 0 Å². The second-order valence-corrected chi connectivity index (χ2v) is 5.55. The molecule has 1 aromatic rings. The van der Waals surface area contributed by atoms with Gasteiger partial charge in [-0.25, -0.2) is 0 Å². The monoisotopic (exact) mass is 339 g/mol. The number of carbonyl (C=O) groups is 1. The molecule has 6 heteroatoms. The van der Waals surface area contributed by atoms with E-state index in [1.807, 2.05) is 12.2 Å². The summed E-state index contributed by atoms with van der Waals surface area (Å²) in [5.74, 6) is -0.202. The average Bonchev–Trinajstić information content (AvgIpc) is 2.41. The van der Waals surface area contributed by atoms with Crippen LogP contribution in [0.2, 0.25) is 0 Å². The lowest BCUT2D eigenvalue weighted by Crippen LogP contribution is -2.18. The lowest BCUT2D eigenvalue weighted by Gasteiger charge is -2.20. The van der Waals surface area contributed by atoms with Gasteiger partial charge in [-0.15, -0.1) is 0 Å². The van der Waals surface area contributed by atoms with E-state index < -0.39 is 4.92 Å². The van der Waals surface area contributed by atoms with Crippen molar-refractivity contribution in [1.29, 1.82) is 0 Å². The minimum Gasteiger partial charge on any atom is -0.479 e. The van der Waals surface area contributed by atoms with Crippen LogP contribution < -0.4 is 4.74 Å². The number of benzene rings is 1. The van der Waals surface area contributed by atoms with Gasteiger partial charge in [0.15, 0.2) is 5.78 Å². The summed E-state index contributed by atoms with van der Waals surface area (Å²) in [6, 6.07) is 2.91. The van der Waals surface area contributed by atoms with Crippen LogP contribution in [0.25, 0.3) is 0 Å². The Morgan fingerprint density at radius 2 is 2.25 bits per heavy atom. The molecule has 20 heavy (non-hydrogen) atoms. The number of Topliss-reactive ketones (excluding diaryl/α,β-unsaturated/α-hetero) is 1. The van der Waals surface area contributed by atoms with Gasteiger partial charge in [0, 0.05) is 10.5 Å². The summed E-state index contributed by atoms with van der Waals surface area (Å²) in [4.78, 5) is 22.3. The van der Waals surface area contributed by atoms with Gasteiger partial charge in [-0.3, -0.25) is 14.9 Å². The van der Waals surface area contributed by atoms with E-state index in [-0.39, 0.29) is 28.9 Å². The van der Waals surface area contributed by atoms with Crippen LogP contribution in [0.5, 0.6) is 5.75 Å². The molecular formula is C14H14BrNO4. The summed E-state index contributed by atoms with van der Waals surface area (Å²) < 4.78 is 6.21. The molecule has 0 saturated carbocycles. The van der Waals surface area contributed by atoms with Gasteiger partial charge in [0.05, 0.1) is 10.5 Å². The number of hydrogen-bond acceptors (Lipinski definition) is 4. The van der Waals surface area contributed by atoms with E-state index in [0.717, 1.165) is 19.3 Å². The molecule has 0 aliphatic heterocycles.